The van der Waals surface area contributed by atoms with Gasteiger partial charge in [0.2, 0.25) is 6.19 Å². The van der Waals surface area contributed by atoms with Gasteiger partial charge in [0.25, 0.3) is 0 Å². The predicted molar refractivity (Wildman–Crippen MR) is 63.4 cm³/mol. The maximum absolute atomic E-state index is 8.17. The third-order valence-corrected chi connectivity index (χ3v) is 2.09. The average molecular weight is 315 g/mol. The molecule has 0 aliphatic carbocycles. The summed E-state index contributed by atoms with van der Waals surface area (Å²) in [6.07, 6.45) is 4.61. The van der Waals surface area contributed by atoms with E-state index in [-0.39, 0.29) is 13.1 Å². The molecule has 0 saturated carbocycles. The van der Waals surface area contributed by atoms with E-state index in [1.54, 1.807) is 6.19 Å². The number of aliphatic imine (C=N–C) groups is 1. The molecule has 0 atom stereocenters. The van der Waals surface area contributed by atoms with E-state index in [1.807, 2.05) is 12.1 Å². The molecule has 0 aromatic carbocycles. The normalized spacial score (nSPS) is 9.75. The van der Waals surface area contributed by atoms with Gasteiger partial charge in [0, 0.05) is 4.88 Å². The van der Waals surface area contributed by atoms with Gasteiger partial charge in [-0.25, -0.2) is 0 Å². The Morgan fingerprint density at radius 2 is 2.00 bits per heavy atom. The number of nitriles is 1. The molecule has 0 aliphatic rings. The van der Waals surface area contributed by atoms with Crippen molar-refractivity contribution >= 4 is 44.0 Å². The van der Waals surface area contributed by atoms with Gasteiger partial charge in [0.05, 0.1) is 16.2 Å². The molecule has 8 heteroatoms. The molecule has 0 aliphatic heterocycles. The number of hydrogen-bond acceptors (Lipinski definition) is 4. The Hall–Kier alpha value is -0.881. The standard InChI is InChI=1S/C8H4N4S.2ClH.Fe/c1-10-12-5-8-3-2-7(13-8)4-11-6-9;;;/h2-5H;2*1H;/q;;;+2/p-2/b11-4?,12-5+;;;. The van der Waals surface area contributed by atoms with E-state index in [1.165, 1.54) is 23.8 Å². The van der Waals surface area contributed by atoms with Crippen LogP contribution < -0.4 is 0 Å². The monoisotopic (exact) mass is 314 g/mol. The molecule has 0 bridgehead atoms. The van der Waals surface area contributed by atoms with Crippen LogP contribution in [0.1, 0.15) is 9.75 Å². The molecule has 1 aromatic heterocycles. The van der Waals surface area contributed by atoms with Crippen LogP contribution in [0.25, 0.3) is 4.95 Å². The zero-order valence-electron chi connectivity index (χ0n) is 7.62. The Morgan fingerprint density at radius 3 is 2.50 bits per heavy atom. The van der Waals surface area contributed by atoms with Crippen LogP contribution in [-0.2, 0) is 13.1 Å². The molecule has 1 aromatic rings. The Balaban J connectivity index is 0.000000673. The summed E-state index contributed by atoms with van der Waals surface area (Å²) in [4.78, 5) is 8.00. The summed E-state index contributed by atoms with van der Waals surface area (Å²) in [5.74, 6) is 0. The van der Waals surface area contributed by atoms with E-state index in [2.05, 4.69) is 15.0 Å². The van der Waals surface area contributed by atoms with E-state index in [9.17, 15) is 0 Å². The SMILES string of the molecule is [C-]#[N+]/N=C/c1ccc(C=NC#N)s1.[Cl][Fe][Cl]. The Bertz CT molecular complexity index is 405. The third kappa shape index (κ3) is 7.42. The fourth-order valence-corrected chi connectivity index (χ4v) is 1.44. The Labute approximate surface area is 112 Å². The number of nitrogens with zero attached hydrogens (tertiary/aromatic N) is 4. The summed E-state index contributed by atoms with van der Waals surface area (Å²) in [5, 5.41) is 11.6. The van der Waals surface area contributed by atoms with Gasteiger partial charge in [-0.05, 0) is 12.1 Å². The number of rotatable bonds is 2. The van der Waals surface area contributed by atoms with E-state index in [4.69, 9.17) is 32.0 Å². The van der Waals surface area contributed by atoms with Crippen LogP contribution in [0.5, 0.6) is 0 Å². The van der Waals surface area contributed by atoms with E-state index in [0.717, 1.165) is 9.75 Å². The first-order valence-corrected chi connectivity index (χ1v) is 7.41. The Kier molecular flexibility index (Phi) is 10.0. The summed E-state index contributed by atoms with van der Waals surface area (Å²) in [6.45, 7) is 6.43. The van der Waals surface area contributed by atoms with Gasteiger partial charge in [-0.3, -0.25) is 0 Å². The summed E-state index contributed by atoms with van der Waals surface area (Å²) in [7, 11) is 9.53. The molecular formula is C8H4Cl2FeN4S. The van der Waals surface area contributed by atoms with Gasteiger partial charge in [-0.15, -0.1) is 16.3 Å². The quantitative estimate of drug-likeness (QED) is 0.272. The van der Waals surface area contributed by atoms with E-state index in [0.29, 0.717) is 0 Å². The molecule has 0 spiro atoms. The van der Waals surface area contributed by atoms with Gasteiger partial charge in [-0.1, -0.05) is 0 Å². The maximum atomic E-state index is 8.17. The first-order chi connectivity index (χ1) is 7.78. The fraction of sp³-hybridized carbons (Fsp3) is 0. The van der Waals surface area contributed by atoms with Gasteiger partial charge < -0.3 is 0 Å². The topological polar surface area (TPSA) is 52.9 Å². The summed E-state index contributed by atoms with van der Waals surface area (Å²) in [6, 6.07) is 3.63. The van der Waals surface area contributed by atoms with Crippen molar-refractivity contribution in [1.29, 1.82) is 5.26 Å². The third-order valence-electron chi connectivity index (χ3n) is 1.14. The van der Waals surface area contributed by atoms with Crippen molar-refractivity contribution in [3.63, 3.8) is 0 Å². The van der Waals surface area contributed by atoms with E-state index < -0.39 is 0 Å². The molecule has 4 nitrogen and oxygen atoms in total. The molecule has 0 amide bonds. The van der Waals surface area contributed by atoms with Gasteiger partial charge in [-0.2, -0.15) is 16.8 Å². The molecule has 0 saturated heterocycles. The van der Waals surface area contributed by atoms with Crippen LogP contribution in [0.3, 0.4) is 0 Å². The second kappa shape index (κ2) is 10.6. The van der Waals surface area contributed by atoms with Crippen LogP contribution in [0.15, 0.2) is 22.2 Å². The van der Waals surface area contributed by atoms with Crippen LogP contribution >= 0.6 is 31.5 Å². The summed E-state index contributed by atoms with van der Waals surface area (Å²) in [5.41, 5.74) is 0. The van der Waals surface area contributed by atoms with Crippen LogP contribution in [-0.4, -0.2) is 12.4 Å². The van der Waals surface area contributed by atoms with Crippen LogP contribution in [0.4, 0.5) is 0 Å². The predicted octanol–water partition coefficient (Wildman–Crippen LogP) is 3.28. The minimum atomic E-state index is 0.194. The fourth-order valence-electron chi connectivity index (χ4n) is 0.685. The van der Waals surface area contributed by atoms with Gasteiger partial charge >= 0.3 is 33.3 Å². The van der Waals surface area contributed by atoms with E-state index >= 15 is 0 Å². The molecule has 1 rings (SSSR count). The van der Waals surface area contributed by atoms with Crippen molar-refractivity contribution in [1.82, 2.24) is 0 Å². The van der Waals surface area contributed by atoms with Crippen molar-refractivity contribution in [2.45, 2.75) is 0 Å². The number of hydrogen-bond donors (Lipinski definition) is 0. The van der Waals surface area contributed by atoms with Crippen LogP contribution in [0, 0.1) is 18.0 Å². The molecule has 84 valence electrons. The van der Waals surface area contributed by atoms with Crippen molar-refractivity contribution < 1.29 is 13.1 Å². The molecule has 0 radical (unpaired) electrons. The number of thiophene rings is 1. The van der Waals surface area contributed by atoms with Crippen molar-refractivity contribution in [2.24, 2.45) is 10.1 Å². The second-order valence-corrected chi connectivity index (χ2v) is 4.96. The zero-order valence-corrected chi connectivity index (χ0v) is 11.0. The zero-order chi connectivity index (χ0) is 12.2. The second-order valence-electron chi connectivity index (χ2n) is 1.99. The van der Waals surface area contributed by atoms with Crippen molar-refractivity contribution in [3.05, 3.63) is 33.4 Å². The molecule has 16 heavy (non-hydrogen) atoms. The van der Waals surface area contributed by atoms with Crippen molar-refractivity contribution in [2.75, 3.05) is 0 Å². The van der Waals surface area contributed by atoms with Gasteiger partial charge in [0.1, 0.15) is 6.21 Å². The first kappa shape index (κ1) is 15.1. The molecule has 0 fully saturated rings. The molecule has 0 N–H and O–H groups in total. The van der Waals surface area contributed by atoms with Crippen LogP contribution in [0.2, 0.25) is 0 Å². The molecule has 1 heterocycles. The van der Waals surface area contributed by atoms with Crippen molar-refractivity contribution in [3.8, 4) is 6.19 Å². The molecular weight excluding hydrogens is 311 g/mol. The first-order valence-electron chi connectivity index (χ1n) is 3.55. The van der Waals surface area contributed by atoms with Gasteiger partial charge in [0.15, 0.2) is 0 Å². The Morgan fingerprint density at radius 1 is 1.44 bits per heavy atom. The average Bonchev–Trinajstić information content (AvgIpc) is 2.72. The number of halogens is 2. The summed E-state index contributed by atoms with van der Waals surface area (Å²) >= 11 is 1.61. The minimum absolute atomic E-state index is 0.194. The molecule has 0 unspecified atom stereocenters. The summed E-state index contributed by atoms with van der Waals surface area (Å²) < 4.78 is 0.